The van der Waals surface area contributed by atoms with Crippen LogP contribution in [0.2, 0.25) is 0 Å². The highest BCUT2D eigenvalue weighted by atomic mass is 16.3. The van der Waals surface area contributed by atoms with E-state index in [0.717, 1.165) is 18.3 Å². The number of rotatable bonds is 2. The standard InChI is InChI=1S/C18H30O.C2H4O/c1-16(2,3)12-18(7,8)15-13(17(4,5)6)10-9-11-14(15)19;1-2-3/h9-11,19H,12H2,1-8H3;2H,1H3. The number of hydrogen-bond acceptors (Lipinski definition) is 2. The number of benzene rings is 1. The molecule has 0 atom stereocenters. The van der Waals surface area contributed by atoms with Gasteiger partial charge in [0, 0.05) is 5.56 Å². The second-order valence-electron chi connectivity index (χ2n) is 8.81. The van der Waals surface area contributed by atoms with Gasteiger partial charge in [0.15, 0.2) is 0 Å². The van der Waals surface area contributed by atoms with E-state index in [0.29, 0.717) is 5.75 Å². The van der Waals surface area contributed by atoms with Gasteiger partial charge in [0.05, 0.1) is 0 Å². The summed E-state index contributed by atoms with van der Waals surface area (Å²) in [4.78, 5) is 8.81. The third kappa shape index (κ3) is 6.21. The summed E-state index contributed by atoms with van der Waals surface area (Å²) in [5.41, 5.74) is 2.61. The number of phenols is 1. The maximum absolute atomic E-state index is 10.4. The smallest absolute Gasteiger partial charge is 0.119 e. The van der Waals surface area contributed by atoms with Gasteiger partial charge >= 0.3 is 0 Å². The zero-order valence-corrected chi connectivity index (χ0v) is 15.9. The van der Waals surface area contributed by atoms with E-state index in [2.05, 4.69) is 61.5 Å². The Morgan fingerprint density at radius 2 is 1.45 bits per heavy atom. The van der Waals surface area contributed by atoms with Crippen LogP contribution in [-0.2, 0) is 15.6 Å². The van der Waals surface area contributed by atoms with E-state index >= 15 is 0 Å². The normalized spacial score (nSPS) is 12.4. The molecular weight excluding hydrogens is 272 g/mol. The van der Waals surface area contributed by atoms with Crippen LogP contribution in [0.1, 0.15) is 79.9 Å². The SMILES string of the molecule is CC(C)(C)CC(C)(C)c1c(O)cccc1C(C)(C)C.CC=O. The molecule has 0 saturated heterocycles. The molecule has 0 radical (unpaired) electrons. The van der Waals surface area contributed by atoms with Crippen molar-refractivity contribution >= 4 is 6.29 Å². The second-order valence-corrected chi connectivity index (χ2v) is 8.81. The van der Waals surface area contributed by atoms with Crippen LogP contribution in [0.3, 0.4) is 0 Å². The molecule has 1 aromatic rings. The number of aromatic hydroxyl groups is 1. The van der Waals surface area contributed by atoms with Crippen molar-refractivity contribution in [1.29, 1.82) is 0 Å². The Hall–Kier alpha value is -1.31. The van der Waals surface area contributed by atoms with Crippen LogP contribution in [0.5, 0.6) is 5.75 Å². The van der Waals surface area contributed by atoms with Crippen LogP contribution in [0.4, 0.5) is 0 Å². The molecular formula is C20H34O2. The molecule has 1 rings (SSSR count). The number of phenolic OH excluding ortho intramolecular Hbond substituents is 1. The summed E-state index contributed by atoms with van der Waals surface area (Å²) < 4.78 is 0. The fourth-order valence-corrected chi connectivity index (χ4v) is 3.29. The first-order valence-corrected chi connectivity index (χ1v) is 7.99. The van der Waals surface area contributed by atoms with Crippen LogP contribution in [-0.4, -0.2) is 11.4 Å². The maximum Gasteiger partial charge on any atom is 0.119 e. The summed E-state index contributed by atoms with van der Waals surface area (Å²) in [5.74, 6) is 0.432. The molecule has 0 aliphatic heterocycles. The molecule has 2 heteroatoms. The van der Waals surface area contributed by atoms with E-state index in [-0.39, 0.29) is 16.2 Å². The number of aldehydes is 1. The van der Waals surface area contributed by atoms with E-state index in [4.69, 9.17) is 4.79 Å². The summed E-state index contributed by atoms with van der Waals surface area (Å²) in [6.45, 7) is 19.3. The van der Waals surface area contributed by atoms with Gasteiger partial charge < -0.3 is 9.90 Å². The van der Waals surface area contributed by atoms with Crippen molar-refractivity contribution < 1.29 is 9.90 Å². The predicted octanol–water partition coefficient (Wildman–Crippen LogP) is 5.61. The lowest BCUT2D eigenvalue weighted by Crippen LogP contribution is -2.29. The summed E-state index contributed by atoms with van der Waals surface area (Å²) in [7, 11) is 0. The Bertz CT molecular complexity index is 485. The molecule has 1 aromatic carbocycles. The van der Waals surface area contributed by atoms with Gasteiger partial charge in [0.25, 0.3) is 0 Å². The van der Waals surface area contributed by atoms with E-state index in [1.807, 2.05) is 12.1 Å². The van der Waals surface area contributed by atoms with Crippen molar-refractivity contribution in [1.82, 2.24) is 0 Å². The lowest BCUT2D eigenvalue weighted by molar-refractivity contribution is -0.106. The van der Waals surface area contributed by atoms with Crippen molar-refractivity contribution in [2.45, 2.75) is 79.6 Å². The van der Waals surface area contributed by atoms with Gasteiger partial charge in [0.1, 0.15) is 12.0 Å². The fraction of sp³-hybridized carbons (Fsp3) is 0.650. The monoisotopic (exact) mass is 306 g/mol. The summed E-state index contributed by atoms with van der Waals surface area (Å²) in [5, 5.41) is 10.4. The molecule has 0 aliphatic rings. The lowest BCUT2D eigenvalue weighted by atomic mass is 9.68. The Morgan fingerprint density at radius 3 is 1.82 bits per heavy atom. The van der Waals surface area contributed by atoms with Crippen LogP contribution >= 0.6 is 0 Å². The lowest BCUT2D eigenvalue weighted by Gasteiger charge is -2.37. The van der Waals surface area contributed by atoms with Gasteiger partial charge in [-0.1, -0.05) is 67.5 Å². The van der Waals surface area contributed by atoms with E-state index < -0.39 is 0 Å². The number of hydrogen-bond donors (Lipinski definition) is 1. The highest BCUT2D eigenvalue weighted by molar-refractivity contribution is 5.47. The molecule has 0 spiro atoms. The molecule has 0 fully saturated rings. The third-order valence-electron chi connectivity index (χ3n) is 3.50. The first-order valence-electron chi connectivity index (χ1n) is 7.99. The predicted molar refractivity (Wildman–Crippen MR) is 95.6 cm³/mol. The Morgan fingerprint density at radius 1 is 1.00 bits per heavy atom. The first kappa shape index (κ1) is 20.7. The van der Waals surface area contributed by atoms with Crippen LogP contribution in [0.15, 0.2) is 18.2 Å². The summed E-state index contributed by atoms with van der Waals surface area (Å²) >= 11 is 0. The molecule has 0 bridgehead atoms. The molecule has 1 N–H and O–H groups in total. The molecule has 0 amide bonds. The quantitative estimate of drug-likeness (QED) is 0.721. The van der Waals surface area contributed by atoms with Crippen LogP contribution < -0.4 is 0 Å². The van der Waals surface area contributed by atoms with Crippen molar-refractivity contribution in [3.05, 3.63) is 29.3 Å². The maximum atomic E-state index is 10.4. The molecule has 126 valence electrons. The van der Waals surface area contributed by atoms with Crippen molar-refractivity contribution in [2.24, 2.45) is 5.41 Å². The van der Waals surface area contributed by atoms with Gasteiger partial charge in [-0.05, 0) is 41.2 Å². The second kappa shape index (κ2) is 7.30. The Labute approximate surface area is 137 Å². The number of carbonyl (C=O) groups is 1. The largest absolute Gasteiger partial charge is 0.508 e. The summed E-state index contributed by atoms with van der Waals surface area (Å²) in [6, 6.07) is 5.92. The molecule has 0 heterocycles. The first-order chi connectivity index (χ1) is 9.76. The Balaban J connectivity index is 0.00000135. The minimum Gasteiger partial charge on any atom is -0.508 e. The highest BCUT2D eigenvalue weighted by Crippen LogP contribution is 2.44. The van der Waals surface area contributed by atoms with E-state index in [9.17, 15) is 5.11 Å². The van der Waals surface area contributed by atoms with Gasteiger partial charge in [-0.2, -0.15) is 0 Å². The van der Waals surface area contributed by atoms with Gasteiger partial charge in [-0.25, -0.2) is 0 Å². The molecule has 0 aliphatic carbocycles. The van der Waals surface area contributed by atoms with Gasteiger partial charge in [-0.15, -0.1) is 0 Å². The highest BCUT2D eigenvalue weighted by Gasteiger charge is 2.34. The molecule has 0 aromatic heterocycles. The zero-order chi connectivity index (χ0) is 17.8. The average molecular weight is 306 g/mol. The topological polar surface area (TPSA) is 37.3 Å². The summed E-state index contributed by atoms with van der Waals surface area (Å²) in [6.07, 6.45) is 1.79. The minimum absolute atomic E-state index is 0.0355. The third-order valence-corrected chi connectivity index (χ3v) is 3.50. The van der Waals surface area contributed by atoms with Crippen molar-refractivity contribution in [2.75, 3.05) is 0 Å². The van der Waals surface area contributed by atoms with Crippen LogP contribution in [0.25, 0.3) is 0 Å². The van der Waals surface area contributed by atoms with Crippen molar-refractivity contribution in [3.63, 3.8) is 0 Å². The van der Waals surface area contributed by atoms with Crippen LogP contribution in [0, 0.1) is 5.41 Å². The minimum atomic E-state index is -0.0355. The Kier molecular flexibility index (Phi) is 6.87. The van der Waals surface area contributed by atoms with E-state index in [1.54, 1.807) is 0 Å². The zero-order valence-electron chi connectivity index (χ0n) is 15.9. The number of carbonyl (C=O) groups excluding carboxylic acids is 1. The van der Waals surface area contributed by atoms with E-state index in [1.165, 1.54) is 12.5 Å². The van der Waals surface area contributed by atoms with Gasteiger partial charge in [0.2, 0.25) is 0 Å². The fourth-order valence-electron chi connectivity index (χ4n) is 3.29. The van der Waals surface area contributed by atoms with Gasteiger partial charge in [-0.3, -0.25) is 0 Å². The van der Waals surface area contributed by atoms with Crippen molar-refractivity contribution in [3.8, 4) is 5.75 Å². The molecule has 0 unspecified atom stereocenters. The molecule has 0 saturated carbocycles. The average Bonchev–Trinajstić information content (AvgIpc) is 2.24. The molecule has 22 heavy (non-hydrogen) atoms. The molecule has 2 nitrogen and oxygen atoms in total.